The molecular weight excluding hydrogens is 536 g/mol. The first-order chi connectivity index (χ1) is 19.0. The lowest BCUT2D eigenvalue weighted by atomic mass is 9.41. The van der Waals surface area contributed by atoms with E-state index >= 15 is 0 Å². The minimum absolute atomic E-state index is 0.242. The SMILES string of the molecule is CC(=O)O[C@H]1[C@H]2[C@@H](C(=O)[C@H](O)[C@H]3C[C@@H]4O[C@@H]4[C@H](O)[C@]23C)[C@@H]2[C@@H](O)[C@@H]3[C@H]([C@H](C)C=C4OC(=O)[C@@](C)(O)[C@@]43C)[C@@]2(C)[C@H]1O. The Morgan fingerprint density at radius 2 is 1.63 bits per heavy atom. The summed E-state index contributed by atoms with van der Waals surface area (Å²) < 4.78 is 17.1. The molecule has 2 saturated heterocycles. The van der Waals surface area contributed by atoms with Gasteiger partial charge in [-0.2, -0.15) is 0 Å². The predicted molar refractivity (Wildman–Crippen MR) is 137 cm³/mol. The van der Waals surface area contributed by atoms with Gasteiger partial charge in [-0.15, -0.1) is 0 Å². The third-order valence-corrected chi connectivity index (χ3v) is 13.3. The largest absolute Gasteiger partial charge is 0.459 e. The fourth-order valence-corrected chi connectivity index (χ4v) is 11.2. The average Bonchev–Trinajstić information content (AvgIpc) is 3.59. The summed E-state index contributed by atoms with van der Waals surface area (Å²) in [5.41, 5.74) is -5.83. The quantitative estimate of drug-likeness (QED) is 0.204. The maximum absolute atomic E-state index is 14.3. The topological polar surface area (TPSA) is 183 Å². The van der Waals surface area contributed by atoms with E-state index in [1.165, 1.54) is 13.8 Å². The normalized spacial score (nSPS) is 61.8. The second-order valence-corrected chi connectivity index (χ2v) is 14.7. The molecule has 7 aliphatic rings. The van der Waals surface area contributed by atoms with Crippen LogP contribution < -0.4 is 0 Å². The molecule has 5 N–H and O–H groups in total. The summed E-state index contributed by atoms with van der Waals surface area (Å²) in [6.45, 7) is 9.62. The van der Waals surface area contributed by atoms with Crippen LogP contribution in [0.1, 0.15) is 48.0 Å². The van der Waals surface area contributed by atoms with Gasteiger partial charge in [0.2, 0.25) is 0 Å². The van der Waals surface area contributed by atoms with E-state index in [1.807, 2.05) is 6.92 Å². The van der Waals surface area contributed by atoms with Crippen molar-refractivity contribution in [3.63, 3.8) is 0 Å². The smallest absolute Gasteiger partial charge is 0.343 e. The van der Waals surface area contributed by atoms with E-state index in [9.17, 15) is 39.9 Å². The number of aliphatic hydroxyl groups excluding tert-OH is 4. The van der Waals surface area contributed by atoms with Crippen LogP contribution in [0.25, 0.3) is 0 Å². The molecule has 11 heteroatoms. The van der Waals surface area contributed by atoms with Gasteiger partial charge in [-0.1, -0.05) is 20.8 Å². The maximum Gasteiger partial charge on any atom is 0.343 e. The minimum atomic E-state index is -2.00. The molecule has 11 nitrogen and oxygen atoms in total. The number of carbonyl (C=O) groups is 3. The Bertz CT molecular complexity index is 1280. The molecule has 6 fully saturated rings. The van der Waals surface area contributed by atoms with Gasteiger partial charge in [0.25, 0.3) is 0 Å². The van der Waals surface area contributed by atoms with E-state index < -0.39 is 112 Å². The number of ether oxygens (including phenoxy) is 3. The Balaban J connectivity index is 1.45. The highest BCUT2D eigenvalue weighted by molar-refractivity contribution is 5.88. The van der Waals surface area contributed by atoms with Crippen LogP contribution in [-0.4, -0.2) is 91.6 Å². The fraction of sp³-hybridized carbons (Fsp3) is 0.833. The fourth-order valence-electron chi connectivity index (χ4n) is 11.2. The summed E-state index contributed by atoms with van der Waals surface area (Å²) in [6, 6.07) is 0. The third kappa shape index (κ3) is 2.89. The molecule has 0 amide bonds. The third-order valence-electron chi connectivity index (χ3n) is 13.3. The van der Waals surface area contributed by atoms with Crippen LogP contribution in [0.15, 0.2) is 11.8 Å². The van der Waals surface area contributed by atoms with Crippen LogP contribution in [0, 0.1) is 57.7 Å². The van der Waals surface area contributed by atoms with Crippen molar-refractivity contribution in [2.45, 2.75) is 96.3 Å². The molecule has 2 heterocycles. The molecule has 0 aromatic rings. The van der Waals surface area contributed by atoms with Gasteiger partial charge in [-0.3, -0.25) is 9.59 Å². The lowest BCUT2D eigenvalue weighted by Crippen LogP contribution is -2.73. The van der Waals surface area contributed by atoms with Crippen molar-refractivity contribution in [1.82, 2.24) is 0 Å². The number of hydrogen-bond donors (Lipinski definition) is 5. The van der Waals surface area contributed by atoms with E-state index in [2.05, 4.69) is 0 Å². The molecule has 0 aromatic heterocycles. The highest BCUT2D eigenvalue weighted by Crippen LogP contribution is 2.74. The van der Waals surface area contributed by atoms with Gasteiger partial charge in [-0.05, 0) is 38.2 Å². The second-order valence-electron chi connectivity index (χ2n) is 14.7. The second kappa shape index (κ2) is 7.98. The Morgan fingerprint density at radius 3 is 2.27 bits per heavy atom. The number of carbonyl (C=O) groups excluding carboxylic acids is 3. The van der Waals surface area contributed by atoms with Crippen molar-refractivity contribution < 1.29 is 54.1 Å². The highest BCUT2D eigenvalue weighted by Gasteiger charge is 2.82. The molecular formula is C30H40O11. The lowest BCUT2D eigenvalue weighted by Gasteiger charge is -2.64. The summed E-state index contributed by atoms with van der Waals surface area (Å²) >= 11 is 0. The molecule has 0 spiro atoms. The van der Waals surface area contributed by atoms with Crippen molar-refractivity contribution in [3.8, 4) is 0 Å². The number of epoxide rings is 1. The summed E-state index contributed by atoms with van der Waals surface area (Å²) in [5, 5.41) is 59.3. The van der Waals surface area contributed by atoms with Crippen molar-refractivity contribution in [2.75, 3.05) is 0 Å². The first kappa shape index (κ1) is 27.9. The van der Waals surface area contributed by atoms with Gasteiger partial charge >= 0.3 is 11.9 Å². The van der Waals surface area contributed by atoms with E-state index in [0.717, 1.165) is 0 Å². The molecule has 41 heavy (non-hydrogen) atoms. The number of allylic oxidation sites excluding steroid dienone is 1. The number of Topliss-reactive ketones (excluding diaryl/α,β-unsaturated/α-hetero) is 1. The van der Waals surface area contributed by atoms with Crippen LogP contribution >= 0.6 is 0 Å². The van der Waals surface area contributed by atoms with Crippen LogP contribution in [0.4, 0.5) is 0 Å². The number of rotatable bonds is 1. The lowest BCUT2D eigenvalue weighted by molar-refractivity contribution is -0.260. The number of esters is 2. The molecule has 226 valence electrons. The maximum atomic E-state index is 14.3. The zero-order valence-electron chi connectivity index (χ0n) is 24.1. The van der Waals surface area contributed by atoms with Crippen LogP contribution in [-0.2, 0) is 28.6 Å². The molecule has 18 atom stereocenters. The van der Waals surface area contributed by atoms with E-state index in [1.54, 1.807) is 26.8 Å². The minimum Gasteiger partial charge on any atom is -0.459 e. The van der Waals surface area contributed by atoms with E-state index in [-0.39, 0.29) is 17.8 Å². The molecule has 0 unspecified atom stereocenters. The summed E-state index contributed by atoms with van der Waals surface area (Å²) in [5.74, 6) is -7.27. The highest BCUT2D eigenvalue weighted by atomic mass is 16.6. The first-order valence-corrected chi connectivity index (χ1v) is 14.7. The predicted octanol–water partition coefficient (Wildman–Crippen LogP) is -0.300. The molecule has 0 bridgehead atoms. The van der Waals surface area contributed by atoms with Crippen LogP contribution in [0.2, 0.25) is 0 Å². The Labute approximate surface area is 237 Å². The molecule has 0 radical (unpaired) electrons. The van der Waals surface area contributed by atoms with Crippen molar-refractivity contribution in [1.29, 1.82) is 0 Å². The summed E-state index contributed by atoms with van der Waals surface area (Å²) in [4.78, 5) is 39.7. The number of aliphatic hydroxyl groups is 5. The molecule has 5 aliphatic carbocycles. The van der Waals surface area contributed by atoms with Crippen LogP contribution in [0.3, 0.4) is 0 Å². The summed E-state index contributed by atoms with van der Waals surface area (Å²) in [7, 11) is 0. The molecule has 7 rings (SSSR count). The van der Waals surface area contributed by atoms with E-state index in [0.29, 0.717) is 6.42 Å². The number of hydrogen-bond acceptors (Lipinski definition) is 11. The van der Waals surface area contributed by atoms with Crippen molar-refractivity contribution >= 4 is 17.7 Å². The van der Waals surface area contributed by atoms with Gasteiger partial charge in [-0.25, -0.2) is 4.79 Å². The zero-order valence-corrected chi connectivity index (χ0v) is 24.1. The molecule has 0 aromatic carbocycles. The first-order valence-electron chi connectivity index (χ1n) is 14.7. The number of fused-ring (bicyclic) bond motifs is 10. The van der Waals surface area contributed by atoms with Gasteiger partial charge in [0.05, 0.1) is 29.8 Å². The molecule has 4 saturated carbocycles. The summed E-state index contributed by atoms with van der Waals surface area (Å²) in [6.07, 6.45) is -5.22. The molecule has 2 aliphatic heterocycles. The van der Waals surface area contributed by atoms with Gasteiger partial charge in [0.1, 0.15) is 24.1 Å². The van der Waals surface area contributed by atoms with Gasteiger partial charge in [0, 0.05) is 47.3 Å². The standard InChI is InChI=1S/C30H40O11/c1-9-7-13-29(5,30(6,38)26(37)41-13)18-15(9)28(4)16(21(18)34)14-17(23(25(28)36)39-10(2)31)27(3)11(19(32)20(14)33)8-12-22(40-12)24(27)35/h7,9,11-12,14-19,21-25,32,34-36,38H,8H2,1-6H3/t9-,11-,12+,14+,15+,16-,17-,18+,19-,21-,22+,23+,24+,25+,27+,28-,29+,30-/m1/s1. The van der Waals surface area contributed by atoms with Gasteiger partial charge < -0.3 is 39.7 Å². The zero-order chi connectivity index (χ0) is 29.9. The van der Waals surface area contributed by atoms with Crippen molar-refractivity contribution in [2.24, 2.45) is 57.7 Å². The average molecular weight is 577 g/mol. The van der Waals surface area contributed by atoms with Crippen LogP contribution in [0.5, 0.6) is 0 Å². The Morgan fingerprint density at radius 1 is 0.976 bits per heavy atom. The van der Waals surface area contributed by atoms with E-state index in [4.69, 9.17) is 14.2 Å². The Kier molecular flexibility index (Phi) is 5.43. The van der Waals surface area contributed by atoms with Gasteiger partial charge in [0.15, 0.2) is 11.4 Å². The number of ketones is 1. The van der Waals surface area contributed by atoms with Crippen molar-refractivity contribution in [3.05, 3.63) is 11.8 Å². The monoisotopic (exact) mass is 576 g/mol. The Hall–Kier alpha value is -1.89.